The van der Waals surface area contributed by atoms with Crippen LogP contribution in [0.25, 0.3) is 0 Å². The lowest BCUT2D eigenvalue weighted by molar-refractivity contribution is -0.126. The van der Waals surface area contributed by atoms with Gasteiger partial charge in [0.2, 0.25) is 11.8 Å². The van der Waals surface area contributed by atoms with E-state index in [0.717, 1.165) is 18.4 Å². The zero-order chi connectivity index (χ0) is 21.3. The van der Waals surface area contributed by atoms with Crippen LogP contribution >= 0.6 is 0 Å². The van der Waals surface area contributed by atoms with Crippen LogP contribution in [0.2, 0.25) is 0 Å². The maximum absolute atomic E-state index is 13.2. The topological polar surface area (TPSA) is 67.9 Å². The first-order valence-electron chi connectivity index (χ1n) is 10.0. The number of nitrogens with one attached hydrogen (secondary N) is 1. The Hall–Kier alpha value is -3.09. The third kappa shape index (κ3) is 3.84. The first-order valence-corrected chi connectivity index (χ1v) is 10.0. The molecule has 1 N–H and O–H groups in total. The van der Waals surface area contributed by atoms with Gasteiger partial charge in [0.25, 0.3) is 0 Å². The number of ether oxygens (including phenoxy) is 2. The van der Waals surface area contributed by atoms with Crippen molar-refractivity contribution in [3.8, 4) is 11.5 Å². The van der Waals surface area contributed by atoms with E-state index in [1.807, 2.05) is 0 Å². The van der Waals surface area contributed by atoms with Gasteiger partial charge in [-0.05, 0) is 42.7 Å². The van der Waals surface area contributed by atoms with Gasteiger partial charge in [-0.25, -0.2) is 4.39 Å². The summed E-state index contributed by atoms with van der Waals surface area (Å²) in [5.41, 5.74) is 1.55. The van der Waals surface area contributed by atoms with E-state index >= 15 is 0 Å². The Labute approximate surface area is 175 Å². The number of methoxy groups -OCH3 is 2. The number of carbonyl (C=O) groups is 2. The predicted octanol–water partition coefficient (Wildman–Crippen LogP) is 3.04. The number of carbonyl (C=O) groups excluding carboxylic acids is 2. The van der Waals surface area contributed by atoms with Crippen molar-refractivity contribution >= 4 is 17.5 Å². The van der Waals surface area contributed by atoms with Gasteiger partial charge in [-0.2, -0.15) is 0 Å². The van der Waals surface area contributed by atoms with E-state index in [1.165, 1.54) is 19.2 Å². The summed E-state index contributed by atoms with van der Waals surface area (Å²) in [5, 5.41) is 3.02. The van der Waals surface area contributed by atoms with Crippen molar-refractivity contribution in [2.24, 2.45) is 5.92 Å². The summed E-state index contributed by atoms with van der Waals surface area (Å²) in [6.07, 6.45) is 2.07. The summed E-state index contributed by atoms with van der Waals surface area (Å²) >= 11 is 0. The fourth-order valence-electron chi connectivity index (χ4n) is 4.05. The van der Waals surface area contributed by atoms with Crippen LogP contribution in [-0.4, -0.2) is 39.1 Å². The second kappa shape index (κ2) is 7.97. The third-order valence-electron chi connectivity index (χ3n) is 6.08. The zero-order valence-corrected chi connectivity index (χ0v) is 17.1. The molecule has 1 saturated heterocycles. The van der Waals surface area contributed by atoms with Crippen LogP contribution in [-0.2, 0) is 15.0 Å². The molecule has 0 spiro atoms. The van der Waals surface area contributed by atoms with Crippen LogP contribution in [0.4, 0.5) is 10.1 Å². The molecular weight excluding hydrogens is 387 g/mol. The molecule has 2 amide bonds. The highest BCUT2D eigenvalue weighted by Crippen LogP contribution is 2.47. The highest BCUT2D eigenvalue weighted by molar-refractivity contribution is 6.01. The monoisotopic (exact) mass is 412 g/mol. The van der Waals surface area contributed by atoms with Gasteiger partial charge < -0.3 is 19.7 Å². The first-order chi connectivity index (χ1) is 14.5. The maximum atomic E-state index is 13.2. The second-order valence-electron chi connectivity index (χ2n) is 7.95. The SMILES string of the molecule is COc1ccc(N2CC(C(=O)NCC3(c4ccc(F)cc4)CC3)CC2=O)c(OC)c1. The molecule has 1 aliphatic carbocycles. The average Bonchev–Trinajstić information content (AvgIpc) is 3.46. The predicted molar refractivity (Wildman–Crippen MR) is 110 cm³/mol. The van der Waals surface area contributed by atoms with Crippen molar-refractivity contribution in [1.29, 1.82) is 0 Å². The molecule has 4 rings (SSSR count). The number of anilines is 1. The quantitative estimate of drug-likeness (QED) is 0.759. The lowest BCUT2D eigenvalue weighted by Gasteiger charge is -2.21. The molecule has 2 aromatic carbocycles. The van der Waals surface area contributed by atoms with Crippen LogP contribution < -0.4 is 19.7 Å². The molecule has 0 radical (unpaired) electrons. The molecule has 1 unspecified atom stereocenters. The Bertz CT molecular complexity index is 956. The molecule has 2 fully saturated rings. The molecule has 2 aliphatic rings. The summed E-state index contributed by atoms with van der Waals surface area (Å²) in [6, 6.07) is 11.7. The van der Waals surface area contributed by atoms with Crippen molar-refractivity contribution in [3.05, 3.63) is 53.8 Å². The molecule has 1 heterocycles. The molecule has 7 heteroatoms. The van der Waals surface area contributed by atoms with Crippen molar-refractivity contribution < 1.29 is 23.5 Å². The number of benzene rings is 2. The second-order valence-corrected chi connectivity index (χ2v) is 7.95. The lowest BCUT2D eigenvalue weighted by Crippen LogP contribution is -2.37. The zero-order valence-electron chi connectivity index (χ0n) is 17.1. The third-order valence-corrected chi connectivity index (χ3v) is 6.08. The number of halogens is 1. The van der Waals surface area contributed by atoms with Gasteiger partial charge in [0.1, 0.15) is 17.3 Å². The van der Waals surface area contributed by atoms with Crippen LogP contribution in [0.3, 0.4) is 0 Å². The van der Waals surface area contributed by atoms with Gasteiger partial charge in [-0.1, -0.05) is 12.1 Å². The van der Waals surface area contributed by atoms with E-state index in [1.54, 1.807) is 42.3 Å². The van der Waals surface area contributed by atoms with Gasteiger partial charge in [-0.15, -0.1) is 0 Å². The van der Waals surface area contributed by atoms with Gasteiger partial charge >= 0.3 is 0 Å². The first kappa shape index (κ1) is 20.2. The number of hydrogen-bond donors (Lipinski definition) is 1. The molecule has 0 aromatic heterocycles. The Balaban J connectivity index is 1.41. The molecule has 1 saturated carbocycles. The molecule has 1 atom stereocenters. The molecule has 30 heavy (non-hydrogen) atoms. The smallest absolute Gasteiger partial charge is 0.227 e. The van der Waals surface area contributed by atoms with Gasteiger partial charge in [-0.3, -0.25) is 9.59 Å². The summed E-state index contributed by atoms with van der Waals surface area (Å²) in [7, 11) is 3.10. The van der Waals surface area contributed by atoms with Crippen molar-refractivity contribution in [2.45, 2.75) is 24.7 Å². The fraction of sp³-hybridized carbons (Fsp3) is 0.391. The van der Waals surface area contributed by atoms with Crippen molar-refractivity contribution in [3.63, 3.8) is 0 Å². The van der Waals surface area contributed by atoms with E-state index in [0.29, 0.717) is 30.3 Å². The number of rotatable bonds is 7. The number of hydrogen-bond acceptors (Lipinski definition) is 4. The van der Waals surface area contributed by atoms with E-state index in [2.05, 4.69) is 5.32 Å². The molecule has 1 aliphatic heterocycles. The molecule has 2 aromatic rings. The Kier molecular flexibility index (Phi) is 5.37. The van der Waals surface area contributed by atoms with Gasteiger partial charge in [0, 0.05) is 31.0 Å². The minimum absolute atomic E-state index is 0.113. The highest BCUT2D eigenvalue weighted by atomic mass is 19.1. The van der Waals surface area contributed by atoms with Crippen molar-refractivity contribution in [1.82, 2.24) is 5.32 Å². The standard InChI is InChI=1S/C23H25FN2O4/c1-29-18-7-8-19(20(12-18)30-2)26-13-15(11-21(26)27)22(28)25-14-23(9-10-23)16-3-5-17(24)6-4-16/h3-8,12,15H,9-11,13-14H2,1-2H3,(H,25,28). The molecular formula is C23H25FN2O4. The van der Waals surface area contributed by atoms with E-state index in [-0.39, 0.29) is 29.5 Å². The van der Waals surface area contributed by atoms with Crippen LogP contribution in [0.5, 0.6) is 11.5 Å². The summed E-state index contributed by atoms with van der Waals surface area (Å²) < 4.78 is 23.8. The Morgan fingerprint density at radius 1 is 1.17 bits per heavy atom. The van der Waals surface area contributed by atoms with Gasteiger partial charge in [0.15, 0.2) is 0 Å². The summed E-state index contributed by atoms with van der Waals surface area (Å²) in [6.45, 7) is 0.797. The Morgan fingerprint density at radius 3 is 2.53 bits per heavy atom. The van der Waals surface area contributed by atoms with Crippen LogP contribution in [0.15, 0.2) is 42.5 Å². The van der Waals surface area contributed by atoms with E-state index < -0.39 is 5.92 Å². The lowest BCUT2D eigenvalue weighted by atomic mass is 9.95. The van der Waals surface area contributed by atoms with Crippen molar-refractivity contribution in [2.75, 3.05) is 32.2 Å². The van der Waals surface area contributed by atoms with Gasteiger partial charge in [0.05, 0.1) is 25.8 Å². The van der Waals surface area contributed by atoms with Crippen LogP contribution in [0, 0.1) is 11.7 Å². The largest absolute Gasteiger partial charge is 0.497 e. The summed E-state index contributed by atoms with van der Waals surface area (Å²) in [4.78, 5) is 27.0. The molecule has 0 bridgehead atoms. The number of amides is 2. The minimum Gasteiger partial charge on any atom is -0.497 e. The highest BCUT2D eigenvalue weighted by Gasteiger charge is 2.45. The van der Waals surface area contributed by atoms with Crippen LogP contribution in [0.1, 0.15) is 24.8 Å². The van der Waals surface area contributed by atoms with E-state index in [9.17, 15) is 14.0 Å². The maximum Gasteiger partial charge on any atom is 0.227 e. The number of nitrogens with zero attached hydrogens (tertiary/aromatic N) is 1. The minimum atomic E-state index is -0.423. The normalized spacial score (nSPS) is 19.5. The average molecular weight is 412 g/mol. The fourth-order valence-corrected chi connectivity index (χ4v) is 4.05. The van der Waals surface area contributed by atoms with E-state index in [4.69, 9.17) is 9.47 Å². The molecule has 158 valence electrons. The summed E-state index contributed by atoms with van der Waals surface area (Å²) in [5.74, 6) is 0.222. The molecule has 6 nitrogen and oxygen atoms in total. The Morgan fingerprint density at radius 2 is 1.90 bits per heavy atom.